The molecule has 1 aromatic heterocycles. The van der Waals surface area contributed by atoms with E-state index in [9.17, 15) is 18.7 Å². The van der Waals surface area contributed by atoms with Crippen molar-refractivity contribution in [1.82, 2.24) is 15.6 Å². The number of aromatic nitrogens is 1. The molecule has 7 nitrogen and oxygen atoms in total. The lowest BCUT2D eigenvalue weighted by Crippen LogP contribution is -2.53. The maximum Gasteiger partial charge on any atom is 0.586 e. The molecule has 9 heteroatoms. The van der Waals surface area contributed by atoms with Crippen LogP contribution in [-0.4, -0.2) is 28.5 Å². The van der Waals surface area contributed by atoms with E-state index in [1.807, 2.05) is 30.3 Å². The van der Waals surface area contributed by atoms with Crippen LogP contribution in [0.1, 0.15) is 30.7 Å². The molecule has 0 saturated heterocycles. The van der Waals surface area contributed by atoms with Gasteiger partial charge >= 0.3 is 12.3 Å². The summed E-state index contributed by atoms with van der Waals surface area (Å²) in [6.07, 6.45) is -2.46. The van der Waals surface area contributed by atoms with E-state index in [4.69, 9.17) is 4.74 Å². The molecule has 0 saturated carbocycles. The molecule has 2 heterocycles. The molecule has 1 aliphatic heterocycles. The zero-order chi connectivity index (χ0) is 23.6. The highest BCUT2D eigenvalue weighted by molar-refractivity contribution is 5.77. The Kier molecular flexibility index (Phi) is 5.80. The number of halogens is 2. The largest absolute Gasteiger partial charge is 0.586 e. The number of carbonyl (C=O) groups excluding carboxylic acids is 1. The van der Waals surface area contributed by atoms with Gasteiger partial charge in [-0.25, -0.2) is 4.79 Å². The molecule has 0 aliphatic carbocycles. The molecule has 1 aliphatic rings. The Morgan fingerprint density at radius 3 is 2.52 bits per heavy atom. The van der Waals surface area contributed by atoms with Crippen LogP contribution >= 0.6 is 0 Å². The lowest BCUT2D eigenvalue weighted by molar-refractivity contribution is -0.287. The third-order valence-corrected chi connectivity index (χ3v) is 5.13. The average Bonchev–Trinajstić information content (AvgIpc) is 3.07. The Morgan fingerprint density at radius 1 is 1.09 bits per heavy atom. The first-order chi connectivity index (χ1) is 15.7. The third kappa shape index (κ3) is 4.67. The van der Waals surface area contributed by atoms with E-state index in [-0.39, 0.29) is 35.3 Å². The molecule has 2 amide bonds. The molecule has 3 aromatic rings. The second kappa shape index (κ2) is 8.57. The minimum atomic E-state index is -3.85. The number of benzene rings is 2. The first-order valence-corrected chi connectivity index (χ1v) is 10.4. The van der Waals surface area contributed by atoms with Crippen LogP contribution in [0.15, 0.2) is 66.9 Å². The van der Waals surface area contributed by atoms with Crippen molar-refractivity contribution in [2.24, 2.45) is 0 Å². The topological polar surface area (TPSA) is 92.7 Å². The van der Waals surface area contributed by atoms with E-state index >= 15 is 0 Å². The number of amides is 2. The summed E-state index contributed by atoms with van der Waals surface area (Å²) < 4.78 is 37.6. The number of fused-ring (bicyclic) bond motifs is 1. The molecule has 2 aromatic carbocycles. The summed E-state index contributed by atoms with van der Waals surface area (Å²) in [5.74, 6) is -0.429. The maximum absolute atomic E-state index is 14.0. The van der Waals surface area contributed by atoms with Gasteiger partial charge in [-0.15, -0.1) is 8.78 Å². The first-order valence-electron chi connectivity index (χ1n) is 10.4. The number of ether oxygens (including phenoxy) is 2. The van der Waals surface area contributed by atoms with Gasteiger partial charge in [0.2, 0.25) is 0 Å². The van der Waals surface area contributed by atoms with Crippen LogP contribution in [0.4, 0.5) is 13.6 Å². The molecule has 4 rings (SSSR count). The fourth-order valence-corrected chi connectivity index (χ4v) is 3.84. The Labute approximate surface area is 189 Å². The fourth-order valence-electron chi connectivity index (χ4n) is 3.84. The first kappa shape index (κ1) is 22.3. The van der Waals surface area contributed by atoms with Crippen LogP contribution in [-0.2, 0) is 12.0 Å². The van der Waals surface area contributed by atoms with Crippen molar-refractivity contribution in [3.05, 3.63) is 83.7 Å². The number of alkyl halides is 2. The molecule has 172 valence electrons. The second-order valence-electron chi connectivity index (χ2n) is 8.02. The van der Waals surface area contributed by atoms with Crippen LogP contribution < -0.4 is 20.1 Å². The minimum Gasteiger partial charge on any atom is -0.506 e. The third-order valence-electron chi connectivity index (χ3n) is 5.13. The van der Waals surface area contributed by atoms with Crippen molar-refractivity contribution >= 4 is 6.03 Å². The van der Waals surface area contributed by atoms with Gasteiger partial charge in [-0.3, -0.25) is 4.98 Å². The lowest BCUT2D eigenvalue weighted by Gasteiger charge is -2.36. The summed E-state index contributed by atoms with van der Waals surface area (Å²) in [6.45, 7) is 3.60. The number of hydrogen-bond acceptors (Lipinski definition) is 5. The van der Waals surface area contributed by atoms with E-state index in [2.05, 4.69) is 20.4 Å². The van der Waals surface area contributed by atoms with Crippen molar-refractivity contribution in [2.45, 2.75) is 38.1 Å². The molecular weight excluding hydrogens is 432 g/mol. The number of nitrogens with one attached hydrogen (secondary N) is 2. The van der Waals surface area contributed by atoms with E-state index in [1.165, 1.54) is 24.4 Å². The predicted molar refractivity (Wildman–Crippen MR) is 116 cm³/mol. The highest BCUT2D eigenvalue weighted by atomic mass is 19.3. The molecule has 0 bridgehead atoms. The van der Waals surface area contributed by atoms with Gasteiger partial charge in [0.15, 0.2) is 11.5 Å². The van der Waals surface area contributed by atoms with Gasteiger partial charge in [0.25, 0.3) is 0 Å². The van der Waals surface area contributed by atoms with Crippen molar-refractivity contribution in [3.8, 4) is 17.2 Å². The maximum atomic E-state index is 14.0. The Balaban J connectivity index is 1.95. The Bertz CT molecular complexity index is 1140. The zero-order valence-corrected chi connectivity index (χ0v) is 18.0. The minimum absolute atomic E-state index is 0.0802. The van der Waals surface area contributed by atoms with Crippen LogP contribution in [0.3, 0.4) is 0 Å². The Hall–Kier alpha value is -3.88. The van der Waals surface area contributed by atoms with Gasteiger partial charge in [-0.2, -0.15) is 0 Å². The number of hydrogen-bond donors (Lipinski definition) is 3. The lowest BCUT2D eigenvalue weighted by atomic mass is 9.79. The predicted octanol–water partition coefficient (Wildman–Crippen LogP) is 4.30. The molecular formula is C24H23F2N3O4. The number of para-hydroxylation sites is 1. The summed E-state index contributed by atoms with van der Waals surface area (Å²) in [5.41, 5.74) is -0.0859. The summed E-state index contributed by atoms with van der Waals surface area (Å²) >= 11 is 0. The van der Waals surface area contributed by atoms with Crippen LogP contribution in [0.25, 0.3) is 0 Å². The summed E-state index contributed by atoms with van der Waals surface area (Å²) in [6, 6.07) is 15.9. The standard InChI is InChI=1S/C24H23F2N3O4/c1-15(2)28-22(31)29-23(13-16-7-4-3-5-8-16,20-12-11-17(30)14-27-20)18-9-6-10-19-21(18)33-24(25,26)32-19/h3-12,14-15,30H,13H2,1-2H3,(H2,28,29,31)/t23-/m0/s1. The van der Waals surface area contributed by atoms with Crippen LogP contribution in [0.5, 0.6) is 17.2 Å². The van der Waals surface area contributed by atoms with Gasteiger partial charge < -0.3 is 25.2 Å². The second-order valence-corrected chi connectivity index (χ2v) is 8.02. The highest BCUT2D eigenvalue weighted by Crippen LogP contribution is 2.48. The molecule has 33 heavy (non-hydrogen) atoms. The normalized spacial score (nSPS) is 15.7. The quantitative estimate of drug-likeness (QED) is 0.515. The van der Waals surface area contributed by atoms with Gasteiger partial charge in [0, 0.05) is 18.0 Å². The summed E-state index contributed by atoms with van der Waals surface area (Å²) in [4.78, 5) is 17.3. The van der Waals surface area contributed by atoms with Crippen molar-refractivity contribution < 1.29 is 28.2 Å². The molecule has 0 radical (unpaired) electrons. The number of urea groups is 1. The van der Waals surface area contributed by atoms with E-state index in [0.29, 0.717) is 5.69 Å². The van der Waals surface area contributed by atoms with Gasteiger partial charge in [-0.05, 0) is 37.6 Å². The monoisotopic (exact) mass is 455 g/mol. The van der Waals surface area contributed by atoms with Gasteiger partial charge in [0.05, 0.1) is 11.9 Å². The molecule has 0 fully saturated rings. The Morgan fingerprint density at radius 2 is 1.85 bits per heavy atom. The number of rotatable bonds is 6. The smallest absolute Gasteiger partial charge is 0.506 e. The van der Waals surface area contributed by atoms with Gasteiger partial charge in [0.1, 0.15) is 11.3 Å². The number of carbonyl (C=O) groups is 1. The van der Waals surface area contributed by atoms with E-state index in [0.717, 1.165) is 5.56 Å². The SMILES string of the molecule is CC(C)NC(=O)N[C@](Cc1ccccc1)(c1ccc(O)cn1)c1cccc2c1OC(F)(F)O2. The van der Waals surface area contributed by atoms with Crippen LogP contribution in [0.2, 0.25) is 0 Å². The molecule has 0 spiro atoms. The zero-order valence-electron chi connectivity index (χ0n) is 18.0. The number of pyridine rings is 1. The molecule has 0 unspecified atom stereocenters. The molecule has 1 atom stereocenters. The number of aromatic hydroxyl groups is 1. The van der Waals surface area contributed by atoms with Crippen molar-refractivity contribution in [1.29, 1.82) is 0 Å². The van der Waals surface area contributed by atoms with Crippen LogP contribution in [0, 0.1) is 0 Å². The number of nitrogens with zero attached hydrogens (tertiary/aromatic N) is 1. The van der Waals surface area contributed by atoms with E-state index < -0.39 is 17.9 Å². The van der Waals surface area contributed by atoms with E-state index in [1.54, 1.807) is 26.0 Å². The summed E-state index contributed by atoms with van der Waals surface area (Å²) in [7, 11) is 0. The van der Waals surface area contributed by atoms with Crippen molar-refractivity contribution in [2.75, 3.05) is 0 Å². The van der Waals surface area contributed by atoms with Gasteiger partial charge in [-0.1, -0.05) is 42.5 Å². The summed E-state index contributed by atoms with van der Waals surface area (Å²) in [5, 5.41) is 15.5. The average molecular weight is 455 g/mol. The van der Waals surface area contributed by atoms with Crippen molar-refractivity contribution in [3.63, 3.8) is 0 Å². The molecule has 3 N–H and O–H groups in total. The highest BCUT2D eigenvalue weighted by Gasteiger charge is 2.49. The fraction of sp³-hybridized carbons (Fsp3) is 0.250.